The predicted octanol–water partition coefficient (Wildman–Crippen LogP) is 0.231. The molecule has 1 aliphatic carbocycles. The molecule has 0 bridgehead atoms. The Morgan fingerprint density at radius 3 is 2.60 bits per heavy atom. The van der Waals surface area contributed by atoms with E-state index in [1.807, 2.05) is 7.05 Å². The van der Waals surface area contributed by atoms with Gasteiger partial charge in [-0.15, -0.1) is 0 Å². The van der Waals surface area contributed by atoms with Gasteiger partial charge in [0.1, 0.15) is 0 Å². The summed E-state index contributed by atoms with van der Waals surface area (Å²) in [4.78, 5) is 0. The molecule has 1 saturated carbocycles. The highest BCUT2D eigenvalue weighted by Crippen LogP contribution is 2.37. The molecule has 1 aliphatic rings. The molecule has 0 aromatic rings. The van der Waals surface area contributed by atoms with Crippen LogP contribution in [0.25, 0.3) is 0 Å². The fraction of sp³-hybridized carbons (Fsp3) is 0.571. The first-order valence-corrected chi connectivity index (χ1v) is 3.40. The summed E-state index contributed by atoms with van der Waals surface area (Å²) in [7, 11) is 1.81. The van der Waals surface area contributed by atoms with Crippen molar-refractivity contribution in [3.05, 3.63) is 11.8 Å². The molecule has 4 N–H and O–H groups in total. The molecule has 0 aliphatic heterocycles. The summed E-state index contributed by atoms with van der Waals surface area (Å²) in [5.41, 5.74) is 6.55. The van der Waals surface area contributed by atoms with Gasteiger partial charge in [-0.1, -0.05) is 0 Å². The molecule has 0 unspecified atom stereocenters. The van der Waals surface area contributed by atoms with Crippen LogP contribution in [0.2, 0.25) is 0 Å². The quantitative estimate of drug-likeness (QED) is 0.490. The third-order valence-electron chi connectivity index (χ3n) is 1.82. The Labute approximate surface area is 60.8 Å². The van der Waals surface area contributed by atoms with Gasteiger partial charge in [0.25, 0.3) is 0 Å². The summed E-state index contributed by atoms with van der Waals surface area (Å²) in [5.74, 6) is 0. The van der Waals surface area contributed by atoms with E-state index in [2.05, 4.69) is 5.32 Å². The first-order valence-electron chi connectivity index (χ1n) is 3.40. The summed E-state index contributed by atoms with van der Waals surface area (Å²) >= 11 is 0. The third kappa shape index (κ3) is 1.19. The van der Waals surface area contributed by atoms with Crippen LogP contribution < -0.4 is 11.1 Å². The first kappa shape index (κ1) is 7.28. The second kappa shape index (κ2) is 2.42. The summed E-state index contributed by atoms with van der Waals surface area (Å²) in [6.07, 6.45) is 5.13. The van der Waals surface area contributed by atoms with E-state index in [0.717, 1.165) is 18.4 Å². The Morgan fingerprint density at radius 1 is 1.70 bits per heavy atom. The normalized spacial score (nSPS) is 22.0. The highest BCUT2D eigenvalue weighted by atomic mass is 14.9. The molecule has 0 saturated heterocycles. The van der Waals surface area contributed by atoms with Gasteiger partial charge in [-0.25, -0.2) is 0 Å². The highest BCUT2D eigenvalue weighted by Gasteiger charge is 2.40. The zero-order valence-electron chi connectivity index (χ0n) is 6.15. The molecule has 3 nitrogen and oxygen atoms in total. The lowest BCUT2D eigenvalue weighted by Gasteiger charge is -2.07. The number of hydrogen-bond acceptors (Lipinski definition) is 3. The van der Waals surface area contributed by atoms with Gasteiger partial charge >= 0.3 is 0 Å². The van der Waals surface area contributed by atoms with E-state index in [1.165, 1.54) is 6.21 Å². The molecule has 0 atom stereocenters. The third-order valence-corrected chi connectivity index (χ3v) is 1.82. The largest absolute Gasteiger partial charge is 0.394 e. The van der Waals surface area contributed by atoms with Crippen molar-refractivity contribution in [3.63, 3.8) is 0 Å². The lowest BCUT2D eigenvalue weighted by Crippen LogP contribution is -2.26. The minimum absolute atomic E-state index is 0.176. The van der Waals surface area contributed by atoms with E-state index in [1.54, 1.807) is 6.20 Å². The van der Waals surface area contributed by atoms with Gasteiger partial charge < -0.3 is 16.5 Å². The lowest BCUT2D eigenvalue weighted by molar-refractivity contribution is 0.818. The van der Waals surface area contributed by atoms with Gasteiger partial charge in [-0.3, -0.25) is 0 Å². The van der Waals surface area contributed by atoms with E-state index in [4.69, 9.17) is 11.1 Å². The van der Waals surface area contributed by atoms with Crippen LogP contribution in [0.4, 0.5) is 0 Å². The van der Waals surface area contributed by atoms with Gasteiger partial charge in [0.15, 0.2) is 0 Å². The minimum atomic E-state index is -0.176. The molecule has 0 aromatic heterocycles. The van der Waals surface area contributed by atoms with Crippen molar-refractivity contribution in [2.75, 3.05) is 7.05 Å². The van der Waals surface area contributed by atoms with Crippen molar-refractivity contribution < 1.29 is 0 Å². The van der Waals surface area contributed by atoms with Gasteiger partial charge in [0.05, 0.1) is 0 Å². The summed E-state index contributed by atoms with van der Waals surface area (Å²) in [6, 6.07) is 0. The first-order chi connectivity index (χ1) is 4.73. The number of rotatable bonds is 3. The Bertz CT molecular complexity index is 168. The van der Waals surface area contributed by atoms with Crippen LogP contribution in [0.15, 0.2) is 11.8 Å². The standard InChI is InChI=1S/C7H13N3/c1-10-5-6(4-8)7(9)2-3-7/h4-5,8,10H,2-3,9H2,1H3/b6-5+,8-4?. The Morgan fingerprint density at radius 2 is 2.30 bits per heavy atom. The summed E-state index contributed by atoms with van der Waals surface area (Å²) in [6.45, 7) is 0. The van der Waals surface area contributed by atoms with Gasteiger partial charge in [-0.2, -0.15) is 0 Å². The molecule has 10 heavy (non-hydrogen) atoms. The molecular weight excluding hydrogens is 126 g/mol. The van der Waals surface area contributed by atoms with Crippen molar-refractivity contribution in [2.45, 2.75) is 18.4 Å². The molecule has 0 radical (unpaired) electrons. The van der Waals surface area contributed by atoms with Crippen molar-refractivity contribution >= 4 is 6.21 Å². The second-order valence-electron chi connectivity index (χ2n) is 2.69. The molecule has 0 heterocycles. The van der Waals surface area contributed by atoms with Crippen LogP contribution in [0.3, 0.4) is 0 Å². The van der Waals surface area contributed by atoms with Crippen molar-refractivity contribution in [2.24, 2.45) is 5.73 Å². The molecule has 1 rings (SSSR count). The average Bonchev–Trinajstić information content (AvgIpc) is 2.64. The molecule has 3 heteroatoms. The Kier molecular flexibility index (Phi) is 1.76. The van der Waals surface area contributed by atoms with Gasteiger partial charge in [0, 0.05) is 30.6 Å². The summed E-state index contributed by atoms with van der Waals surface area (Å²) < 4.78 is 0. The molecule has 1 fully saturated rings. The molecule has 0 spiro atoms. The van der Waals surface area contributed by atoms with Crippen LogP contribution in [-0.2, 0) is 0 Å². The Balaban J connectivity index is 2.65. The van der Waals surface area contributed by atoms with Gasteiger partial charge in [-0.05, 0) is 12.8 Å². The SMILES string of the molecule is CN/C=C(\C=N)C1(N)CC1. The van der Waals surface area contributed by atoms with Crippen LogP contribution in [-0.4, -0.2) is 18.8 Å². The summed E-state index contributed by atoms with van der Waals surface area (Å²) in [5, 5.41) is 9.92. The van der Waals surface area contributed by atoms with Crippen molar-refractivity contribution in [3.8, 4) is 0 Å². The maximum atomic E-state index is 7.05. The van der Waals surface area contributed by atoms with E-state index in [-0.39, 0.29) is 5.54 Å². The van der Waals surface area contributed by atoms with E-state index < -0.39 is 0 Å². The minimum Gasteiger partial charge on any atom is -0.394 e. The lowest BCUT2D eigenvalue weighted by atomic mass is 10.1. The van der Waals surface area contributed by atoms with Crippen LogP contribution in [0, 0.1) is 5.41 Å². The number of nitrogens with two attached hydrogens (primary N) is 1. The van der Waals surface area contributed by atoms with E-state index in [0.29, 0.717) is 0 Å². The van der Waals surface area contributed by atoms with E-state index >= 15 is 0 Å². The molecular formula is C7H13N3. The topological polar surface area (TPSA) is 61.9 Å². The zero-order chi connectivity index (χ0) is 7.61. The van der Waals surface area contributed by atoms with Crippen molar-refractivity contribution in [1.82, 2.24) is 5.32 Å². The van der Waals surface area contributed by atoms with Crippen LogP contribution in [0.1, 0.15) is 12.8 Å². The molecule has 0 amide bonds. The van der Waals surface area contributed by atoms with Gasteiger partial charge in [0.2, 0.25) is 0 Å². The maximum Gasteiger partial charge on any atom is 0.0440 e. The number of nitrogens with one attached hydrogen (secondary N) is 2. The molecule has 56 valence electrons. The maximum absolute atomic E-state index is 7.05. The second-order valence-corrected chi connectivity index (χ2v) is 2.69. The van der Waals surface area contributed by atoms with Crippen LogP contribution in [0.5, 0.6) is 0 Å². The fourth-order valence-electron chi connectivity index (χ4n) is 0.908. The molecule has 0 aromatic carbocycles. The van der Waals surface area contributed by atoms with Crippen molar-refractivity contribution in [1.29, 1.82) is 5.41 Å². The Hall–Kier alpha value is -0.830. The zero-order valence-corrected chi connectivity index (χ0v) is 6.15. The fourth-order valence-corrected chi connectivity index (χ4v) is 0.908. The monoisotopic (exact) mass is 139 g/mol. The highest BCUT2D eigenvalue weighted by molar-refractivity contribution is 5.80. The van der Waals surface area contributed by atoms with E-state index in [9.17, 15) is 0 Å². The predicted molar refractivity (Wildman–Crippen MR) is 42.1 cm³/mol. The number of hydrogen-bond donors (Lipinski definition) is 3. The van der Waals surface area contributed by atoms with Crippen LogP contribution >= 0.6 is 0 Å². The smallest absolute Gasteiger partial charge is 0.0440 e. The average molecular weight is 139 g/mol.